The number of carbonyl (C=O) groups excluding carboxylic acids is 1. The van der Waals surface area contributed by atoms with E-state index in [1.807, 2.05) is 0 Å². The molecule has 81 valence electrons. The summed E-state index contributed by atoms with van der Waals surface area (Å²) in [6, 6.07) is 6.50. The van der Waals surface area contributed by atoms with E-state index in [1.54, 1.807) is 20.8 Å². The first-order chi connectivity index (χ1) is 6.88. The summed E-state index contributed by atoms with van der Waals surface area (Å²) >= 11 is 0. The highest BCUT2D eigenvalue weighted by molar-refractivity contribution is 5.64. The Morgan fingerprint density at radius 3 is 2.67 bits per heavy atom. The Hall–Kier alpha value is -1.58. The molecule has 0 aliphatic carbocycles. The molecular formula is C11H12FO3. The second-order valence-electron chi connectivity index (χ2n) is 3.91. The molecule has 0 bridgehead atoms. The highest BCUT2D eigenvalue weighted by Gasteiger charge is 2.19. The number of rotatable bonds is 1. The van der Waals surface area contributed by atoms with Gasteiger partial charge in [0.25, 0.3) is 0 Å². The van der Waals surface area contributed by atoms with Crippen molar-refractivity contribution in [1.29, 1.82) is 0 Å². The van der Waals surface area contributed by atoms with Crippen LogP contribution in [0.1, 0.15) is 20.8 Å². The van der Waals surface area contributed by atoms with Crippen molar-refractivity contribution in [3.8, 4) is 5.75 Å². The fraction of sp³-hybridized carbons (Fsp3) is 0.364. The molecule has 0 aromatic heterocycles. The van der Waals surface area contributed by atoms with E-state index in [2.05, 4.69) is 10.8 Å². The van der Waals surface area contributed by atoms with Gasteiger partial charge in [-0.1, -0.05) is 12.1 Å². The van der Waals surface area contributed by atoms with Gasteiger partial charge in [0, 0.05) is 6.07 Å². The minimum absolute atomic E-state index is 0.188. The summed E-state index contributed by atoms with van der Waals surface area (Å²) in [6.07, 6.45) is -0.930. The lowest BCUT2D eigenvalue weighted by Gasteiger charge is -2.18. The van der Waals surface area contributed by atoms with Crippen LogP contribution in [0, 0.1) is 11.9 Å². The molecule has 15 heavy (non-hydrogen) atoms. The zero-order valence-corrected chi connectivity index (χ0v) is 8.83. The van der Waals surface area contributed by atoms with Crippen molar-refractivity contribution >= 4 is 6.16 Å². The molecule has 0 amide bonds. The standard InChI is InChI=1S/C11H12FO3/c1-11(2,3)15-10(13)14-9-7-5-4-6-8(9)12/h4-5,7H,1-3H3. The fourth-order valence-corrected chi connectivity index (χ4v) is 0.841. The van der Waals surface area contributed by atoms with Crippen LogP contribution in [0.15, 0.2) is 18.2 Å². The average Bonchev–Trinajstić information content (AvgIpc) is 2.05. The quantitative estimate of drug-likeness (QED) is 0.529. The van der Waals surface area contributed by atoms with Gasteiger partial charge in [-0.2, -0.15) is 0 Å². The topological polar surface area (TPSA) is 35.5 Å². The zero-order valence-electron chi connectivity index (χ0n) is 8.83. The van der Waals surface area contributed by atoms with Crippen molar-refractivity contribution in [2.75, 3.05) is 0 Å². The number of hydrogen-bond acceptors (Lipinski definition) is 3. The van der Waals surface area contributed by atoms with Crippen molar-refractivity contribution < 1.29 is 18.7 Å². The second kappa shape index (κ2) is 4.29. The smallest absolute Gasteiger partial charge is 0.428 e. The van der Waals surface area contributed by atoms with Gasteiger partial charge < -0.3 is 9.47 Å². The Labute approximate surface area is 87.8 Å². The van der Waals surface area contributed by atoms with Gasteiger partial charge in [0.2, 0.25) is 0 Å². The van der Waals surface area contributed by atoms with Crippen molar-refractivity contribution in [3.05, 3.63) is 30.1 Å². The number of benzene rings is 1. The second-order valence-corrected chi connectivity index (χ2v) is 3.91. The Bertz CT molecular complexity index is 355. The summed E-state index contributed by atoms with van der Waals surface area (Å²) in [5.74, 6) is -0.907. The van der Waals surface area contributed by atoms with E-state index in [9.17, 15) is 9.18 Å². The number of carbonyl (C=O) groups is 1. The van der Waals surface area contributed by atoms with Gasteiger partial charge in [0.05, 0.1) is 0 Å². The molecule has 0 spiro atoms. The van der Waals surface area contributed by atoms with Gasteiger partial charge in [-0.15, -0.1) is 0 Å². The van der Waals surface area contributed by atoms with Crippen molar-refractivity contribution in [2.24, 2.45) is 0 Å². The van der Waals surface area contributed by atoms with Crippen LogP contribution in [0.5, 0.6) is 5.75 Å². The first-order valence-corrected chi connectivity index (χ1v) is 4.45. The van der Waals surface area contributed by atoms with Crippen LogP contribution in [0.3, 0.4) is 0 Å². The van der Waals surface area contributed by atoms with Crippen molar-refractivity contribution in [3.63, 3.8) is 0 Å². The summed E-state index contributed by atoms with van der Waals surface area (Å²) in [5.41, 5.74) is -0.661. The van der Waals surface area contributed by atoms with Crippen LogP contribution >= 0.6 is 0 Å². The average molecular weight is 211 g/mol. The van der Waals surface area contributed by atoms with Crippen LogP contribution in [-0.4, -0.2) is 11.8 Å². The van der Waals surface area contributed by atoms with Gasteiger partial charge in [0.1, 0.15) is 5.60 Å². The highest BCUT2D eigenvalue weighted by atomic mass is 19.1. The summed E-state index contributed by atoms with van der Waals surface area (Å²) in [6.45, 7) is 5.09. The third-order valence-electron chi connectivity index (χ3n) is 1.35. The number of hydrogen-bond donors (Lipinski definition) is 0. The first kappa shape index (κ1) is 11.5. The zero-order chi connectivity index (χ0) is 11.5. The predicted molar refractivity (Wildman–Crippen MR) is 52.1 cm³/mol. The van der Waals surface area contributed by atoms with E-state index in [0.717, 1.165) is 0 Å². The maximum atomic E-state index is 13.0. The van der Waals surface area contributed by atoms with Crippen LogP contribution in [0.25, 0.3) is 0 Å². The normalized spacial score (nSPS) is 10.9. The van der Waals surface area contributed by atoms with Gasteiger partial charge in [-0.25, -0.2) is 9.18 Å². The van der Waals surface area contributed by atoms with Crippen LogP contribution in [-0.2, 0) is 4.74 Å². The molecule has 0 aliphatic rings. The number of ether oxygens (including phenoxy) is 2. The maximum Gasteiger partial charge on any atom is 0.514 e. The van der Waals surface area contributed by atoms with E-state index in [0.29, 0.717) is 0 Å². The molecule has 1 aromatic rings. The van der Waals surface area contributed by atoms with E-state index >= 15 is 0 Å². The van der Waals surface area contributed by atoms with Crippen LogP contribution in [0.2, 0.25) is 0 Å². The molecule has 0 N–H and O–H groups in total. The lowest BCUT2D eigenvalue weighted by molar-refractivity contribution is 0.0198. The van der Waals surface area contributed by atoms with Gasteiger partial charge in [-0.3, -0.25) is 0 Å². The molecule has 3 nitrogen and oxygen atoms in total. The van der Waals surface area contributed by atoms with Crippen molar-refractivity contribution in [1.82, 2.24) is 0 Å². The highest BCUT2D eigenvalue weighted by Crippen LogP contribution is 2.17. The van der Waals surface area contributed by atoms with E-state index in [1.165, 1.54) is 18.2 Å². The molecule has 1 radical (unpaired) electrons. The minimum atomic E-state index is -0.930. The predicted octanol–water partition coefficient (Wildman–Crippen LogP) is 2.94. The summed E-state index contributed by atoms with van der Waals surface area (Å²) < 4.78 is 22.5. The molecule has 0 atom stereocenters. The Morgan fingerprint density at radius 1 is 1.47 bits per heavy atom. The fourth-order valence-electron chi connectivity index (χ4n) is 0.841. The van der Waals surface area contributed by atoms with E-state index < -0.39 is 17.6 Å². The maximum absolute atomic E-state index is 13.0. The Kier molecular flexibility index (Phi) is 3.29. The molecule has 1 rings (SSSR count). The SMILES string of the molecule is CC(C)(C)OC(=O)Oc1ccc[c]c1F. The molecule has 1 aromatic carbocycles. The molecule has 0 heterocycles. The van der Waals surface area contributed by atoms with E-state index in [4.69, 9.17) is 4.74 Å². The van der Waals surface area contributed by atoms with Gasteiger partial charge in [0.15, 0.2) is 11.6 Å². The molecule has 0 saturated heterocycles. The lowest BCUT2D eigenvalue weighted by Crippen LogP contribution is -2.26. The first-order valence-electron chi connectivity index (χ1n) is 4.45. The Morgan fingerprint density at radius 2 is 2.13 bits per heavy atom. The largest absolute Gasteiger partial charge is 0.514 e. The minimum Gasteiger partial charge on any atom is -0.428 e. The van der Waals surface area contributed by atoms with Crippen LogP contribution in [0.4, 0.5) is 9.18 Å². The van der Waals surface area contributed by atoms with Crippen LogP contribution < -0.4 is 4.74 Å². The molecule has 4 heteroatoms. The summed E-state index contributed by atoms with van der Waals surface area (Å²) in [7, 11) is 0. The van der Waals surface area contributed by atoms with E-state index in [-0.39, 0.29) is 5.75 Å². The van der Waals surface area contributed by atoms with Gasteiger partial charge >= 0.3 is 6.16 Å². The van der Waals surface area contributed by atoms with Crippen molar-refractivity contribution in [2.45, 2.75) is 26.4 Å². The van der Waals surface area contributed by atoms with Gasteiger partial charge in [-0.05, 0) is 26.8 Å². The monoisotopic (exact) mass is 211 g/mol. The Balaban J connectivity index is 2.64. The summed E-state index contributed by atoms with van der Waals surface area (Å²) in [5, 5.41) is 0. The third-order valence-corrected chi connectivity index (χ3v) is 1.35. The molecule has 0 saturated carbocycles. The molecular weight excluding hydrogens is 199 g/mol. The third kappa shape index (κ3) is 3.97. The summed E-state index contributed by atoms with van der Waals surface area (Å²) in [4.78, 5) is 11.2. The molecule has 0 aliphatic heterocycles. The lowest BCUT2D eigenvalue weighted by atomic mass is 10.2. The molecule has 0 fully saturated rings. The number of halogens is 1. The molecule has 0 unspecified atom stereocenters.